The van der Waals surface area contributed by atoms with Gasteiger partial charge in [-0.2, -0.15) is 5.10 Å². The maximum Gasteiger partial charge on any atom is 0.0681 e. The molecule has 0 aliphatic rings. The summed E-state index contributed by atoms with van der Waals surface area (Å²) in [6.07, 6.45) is 8.11. The van der Waals surface area contributed by atoms with E-state index in [1.165, 1.54) is 5.57 Å². The SMILES string of the molecule is C/C=C\c1cn[nH]c1/C(=C\C)C(C)C. The first-order valence-electron chi connectivity index (χ1n) is 5.03. The molecule has 0 saturated heterocycles. The molecule has 0 bridgehead atoms. The fraction of sp³-hybridized carbons (Fsp3) is 0.417. The summed E-state index contributed by atoms with van der Waals surface area (Å²) in [7, 11) is 0. The van der Waals surface area contributed by atoms with E-state index < -0.39 is 0 Å². The van der Waals surface area contributed by atoms with Crippen LogP contribution in [-0.2, 0) is 0 Å². The Kier molecular flexibility index (Phi) is 3.69. The Labute approximate surface area is 85.7 Å². The number of hydrogen-bond donors (Lipinski definition) is 1. The van der Waals surface area contributed by atoms with E-state index in [1.807, 2.05) is 19.2 Å². The topological polar surface area (TPSA) is 28.7 Å². The Bertz CT molecular complexity index is 343. The number of nitrogens with one attached hydrogen (secondary N) is 1. The smallest absolute Gasteiger partial charge is 0.0681 e. The van der Waals surface area contributed by atoms with Gasteiger partial charge < -0.3 is 0 Å². The van der Waals surface area contributed by atoms with Gasteiger partial charge in [0.05, 0.1) is 11.9 Å². The molecule has 1 aromatic heterocycles. The van der Waals surface area contributed by atoms with E-state index in [4.69, 9.17) is 0 Å². The molecule has 0 aliphatic heterocycles. The van der Waals surface area contributed by atoms with E-state index in [-0.39, 0.29) is 0 Å². The second-order valence-electron chi connectivity index (χ2n) is 3.60. The van der Waals surface area contributed by atoms with Gasteiger partial charge in [-0.3, -0.25) is 5.10 Å². The van der Waals surface area contributed by atoms with Crippen molar-refractivity contribution in [1.29, 1.82) is 0 Å². The summed E-state index contributed by atoms with van der Waals surface area (Å²) in [6.45, 7) is 8.46. The molecule has 0 aliphatic carbocycles. The summed E-state index contributed by atoms with van der Waals surface area (Å²) in [6, 6.07) is 0. The molecule has 76 valence electrons. The van der Waals surface area contributed by atoms with E-state index in [0.717, 1.165) is 11.3 Å². The van der Waals surface area contributed by atoms with Crippen LogP contribution in [0.15, 0.2) is 18.3 Å². The van der Waals surface area contributed by atoms with Crippen molar-refractivity contribution < 1.29 is 0 Å². The summed E-state index contributed by atoms with van der Waals surface area (Å²) >= 11 is 0. The summed E-state index contributed by atoms with van der Waals surface area (Å²) < 4.78 is 0. The molecule has 14 heavy (non-hydrogen) atoms. The molecular formula is C12H18N2. The average molecular weight is 190 g/mol. The lowest BCUT2D eigenvalue weighted by Crippen LogP contribution is -1.95. The van der Waals surface area contributed by atoms with Crippen molar-refractivity contribution in [3.05, 3.63) is 29.6 Å². The molecule has 0 saturated carbocycles. The van der Waals surface area contributed by atoms with E-state index in [2.05, 4.69) is 43.1 Å². The summed E-state index contributed by atoms with van der Waals surface area (Å²) in [5.74, 6) is 0.518. The minimum Gasteiger partial charge on any atom is -0.278 e. The number of rotatable bonds is 3. The molecule has 1 N–H and O–H groups in total. The maximum atomic E-state index is 4.07. The Morgan fingerprint density at radius 3 is 2.64 bits per heavy atom. The first kappa shape index (κ1) is 10.8. The number of hydrogen-bond acceptors (Lipinski definition) is 1. The number of allylic oxidation sites excluding steroid dienone is 3. The molecule has 0 aromatic carbocycles. The normalized spacial score (nSPS) is 13.1. The number of nitrogens with zero attached hydrogens (tertiary/aromatic N) is 1. The summed E-state index contributed by atoms with van der Waals surface area (Å²) in [5.41, 5.74) is 3.62. The molecule has 0 atom stereocenters. The van der Waals surface area contributed by atoms with Crippen LogP contribution in [0.1, 0.15) is 39.0 Å². The third-order valence-corrected chi connectivity index (χ3v) is 2.24. The van der Waals surface area contributed by atoms with Crippen LogP contribution in [0.3, 0.4) is 0 Å². The first-order valence-corrected chi connectivity index (χ1v) is 5.03. The van der Waals surface area contributed by atoms with Crippen molar-refractivity contribution in [3.63, 3.8) is 0 Å². The van der Waals surface area contributed by atoms with Crippen molar-refractivity contribution in [3.8, 4) is 0 Å². The maximum absolute atomic E-state index is 4.07. The molecule has 2 nitrogen and oxygen atoms in total. The highest BCUT2D eigenvalue weighted by atomic mass is 15.1. The molecule has 0 spiro atoms. The Morgan fingerprint density at radius 1 is 1.43 bits per heavy atom. The molecule has 2 heteroatoms. The fourth-order valence-electron chi connectivity index (χ4n) is 1.60. The van der Waals surface area contributed by atoms with Crippen LogP contribution in [0.25, 0.3) is 11.6 Å². The summed E-state index contributed by atoms with van der Waals surface area (Å²) in [5, 5.41) is 7.13. The van der Waals surface area contributed by atoms with Crippen molar-refractivity contribution >= 4 is 11.6 Å². The second-order valence-corrected chi connectivity index (χ2v) is 3.60. The van der Waals surface area contributed by atoms with Crippen LogP contribution in [0.4, 0.5) is 0 Å². The molecule has 0 amide bonds. The summed E-state index contributed by atoms with van der Waals surface area (Å²) in [4.78, 5) is 0. The van der Waals surface area contributed by atoms with Gasteiger partial charge in [-0.25, -0.2) is 0 Å². The largest absolute Gasteiger partial charge is 0.278 e. The van der Waals surface area contributed by atoms with E-state index >= 15 is 0 Å². The Balaban J connectivity index is 3.11. The molecule has 1 aromatic rings. The average Bonchev–Trinajstić information content (AvgIpc) is 2.55. The zero-order valence-electron chi connectivity index (χ0n) is 9.33. The lowest BCUT2D eigenvalue weighted by atomic mass is 9.97. The fourth-order valence-corrected chi connectivity index (χ4v) is 1.60. The van der Waals surface area contributed by atoms with Gasteiger partial charge in [-0.1, -0.05) is 32.1 Å². The monoisotopic (exact) mass is 190 g/mol. The van der Waals surface area contributed by atoms with Crippen molar-refractivity contribution in [2.45, 2.75) is 27.7 Å². The highest BCUT2D eigenvalue weighted by Gasteiger charge is 2.10. The highest BCUT2D eigenvalue weighted by Crippen LogP contribution is 2.24. The number of H-pyrrole nitrogens is 1. The van der Waals surface area contributed by atoms with Crippen LogP contribution in [0, 0.1) is 5.92 Å². The third-order valence-electron chi connectivity index (χ3n) is 2.24. The van der Waals surface area contributed by atoms with Gasteiger partial charge in [0.2, 0.25) is 0 Å². The van der Waals surface area contributed by atoms with E-state index in [9.17, 15) is 0 Å². The Hall–Kier alpha value is -1.31. The quantitative estimate of drug-likeness (QED) is 0.776. The van der Waals surface area contributed by atoms with Crippen molar-refractivity contribution in [1.82, 2.24) is 10.2 Å². The van der Waals surface area contributed by atoms with Crippen LogP contribution < -0.4 is 0 Å². The van der Waals surface area contributed by atoms with Crippen molar-refractivity contribution in [2.24, 2.45) is 5.92 Å². The van der Waals surface area contributed by atoms with Crippen molar-refractivity contribution in [2.75, 3.05) is 0 Å². The predicted octanol–water partition coefficient (Wildman–Crippen LogP) is 3.50. The van der Waals surface area contributed by atoms with Gasteiger partial charge in [0, 0.05) is 5.56 Å². The lowest BCUT2D eigenvalue weighted by molar-refractivity contribution is 0.844. The van der Waals surface area contributed by atoms with Crippen LogP contribution in [0.5, 0.6) is 0 Å². The highest BCUT2D eigenvalue weighted by molar-refractivity contribution is 5.71. The van der Waals surface area contributed by atoms with Gasteiger partial charge in [0.25, 0.3) is 0 Å². The number of aromatic amines is 1. The molecule has 1 heterocycles. The lowest BCUT2D eigenvalue weighted by Gasteiger charge is -2.09. The molecule has 0 fully saturated rings. The zero-order chi connectivity index (χ0) is 10.6. The number of aromatic nitrogens is 2. The minimum atomic E-state index is 0.518. The van der Waals surface area contributed by atoms with E-state index in [1.54, 1.807) is 0 Å². The van der Waals surface area contributed by atoms with Gasteiger partial charge in [-0.05, 0) is 25.3 Å². The Morgan fingerprint density at radius 2 is 2.14 bits per heavy atom. The zero-order valence-corrected chi connectivity index (χ0v) is 9.33. The molecule has 0 radical (unpaired) electrons. The van der Waals surface area contributed by atoms with Gasteiger partial charge in [-0.15, -0.1) is 0 Å². The van der Waals surface area contributed by atoms with Crippen LogP contribution in [0.2, 0.25) is 0 Å². The van der Waals surface area contributed by atoms with Gasteiger partial charge in [0.15, 0.2) is 0 Å². The second kappa shape index (κ2) is 4.80. The van der Waals surface area contributed by atoms with Crippen LogP contribution >= 0.6 is 0 Å². The minimum absolute atomic E-state index is 0.518. The standard InChI is InChI=1S/C12H18N2/c1-5-7-10-8-13-14-12(10)11(6-2)9(3)4/h5-9H,1-4H3,(H,13,14)/b7-5-,11-6-. The molecule has 1 rings (SSSR count). The first-order chi connectivity index (χ1) is 6.70. The predicted molar refractivity (Wildman–Crippen MR) is 61.8 cm³/mol. The third kappa shape index (κ3) is 2.13. The van der Waals surface area contributed by atoms with Gasteiger partial charge in [0.1, 0.15) is 0 Å². The van der Waals surface area contributed by atoms with E-state index in [0.29, 0.717) is 5.92 Å². The van der Waals surface area contributed by atoms with Gasteiger partial charge >= 0.3 is 0 Å². The molecule has 0 unspecified atom stereocenters. The van der Waals surface area contributed by atoms with Crippen LogP contribution in [-0.4, -0.2) is 10.2 Å². The molecular weight excluding hydrogens is 172 g/mol.